The molecular weight excluding hydrogens is 222 g/mol. The summed E-state index contributed by atoms with van der Waals surface area (Å²) in [5.74, 6) is 2.67. The van der Waals surface area contributed by atoms with Crippen molar-refractivity contribution >= 4 is 11.0 Å². The van der Waals surface area contributed by atoms with E-state index < -0.39 is 0 Å². The molecule has 0 saturated heterocycles. The Hall–Kier alpha value is -1.28. The number of rotatable bonds is 4. The second-order valence-corrected chi connectivity index (χ2v) is 5.85. The minimum Gasteiger partial charge on any atom is -0.461 e. The van der Waals surface area contributed by atoms with E-state index in [4.69, 9.17) is 4.42 Å². The Kier molecular flexibility index (Phi) is 2.28. The summed E-state index contributed by atoms with van der Waals surface area (Å²) in [5.41, 5.74) is 2.51. The zero-order valence-electron chi connectivity index (χ0n) is 10.8. The molecule has 0 radical (unpaired) electrons. The second kappa shape index (κ2) is 3.86. The highest BCUT2D eigenvalue weighted by molar-refractivity contribution is 5.83. The highest BCUT2D eigenvalue weighted by Gasteiger charge is 2.41. The molecule has 0 amide bonds. The van der Waals surface area contributed by atoms with E-state index >= 15 is 0 Å². The Morgan fingerprint density at radius 3 is 2.94 bits per heavy atom. The van der Waals surface area contributed by atoms with Crippen molar-refractivity contribution in [3.63, 3.8) is 0 Å². The lowest BCUT2D eigenvalue weighted by atomic mass is 10.1. The third kappa shape index (κ3) is 1.76. The van der Waals surface area contributed by atoms with Gasteiger partial charge in [-0.05, 0) is 50.6 Å². The molecule has 2 nitrogen and oxygen atoms in total. The molecule has 2 unspecified atom stereocenters. The summed E-state index contributed by atoms with van der Waals surface area (Å²) in [4.78, 5) is 0. The third-order valence-corrected chi connectivity index (χ3v) is 4.36. The van der Waals surface area contributed by atoms with Gasteiger partial charge in [0.25, 0.3) is 0 Å². The van der Waals surface area contributed by atoms with Gasteiger partial charge in [-0.2, -0.15) is 0 Å². The van der Waals surface area contributed by atoms with Crippen LogP contribution in [0.3, 0.4) is 0 Å². The van der Waals surface area contributed by atoms with Crippen molar-refractivity contribution in [2.45, 2.75) is 38.1 Å². The Morgan fingerprint density at radius 2 is 2.11 bits per heavy atom. The zero-order valence-corrected chi connectivity index (χ0v) is 10.8. The molecule has 1 heterocycles. The molecular formula is C16H19NO. The monoisotopic (exact) mass is 241 g/mol. The lowest BCUT2D eigenvalue weighted by Crippen LogP contribution is -2.19. The second-order valence-electron chi connectivity index (χ2n) is 5.85. The molecule has 1 aromatic carbocycles. The van der Waals surface area contributed by atoms with Crippen molar-refractivity contribution in [2.24, 2.45) is 5.92 Å². The van der Waals surface area contributed by atoms with Gasteiger partial charge in [0.1, 0.15) is 11.3 Å². The van der Waals surface area contributed by atoms with Crippen LogP contribution in [0, 0.1) is 12.8 Å². The predicted octanol–water partition coefficient (Wildman–Crippen LogP) is 3.60. The van der Waals surface area contributed by atoms with E-state index in [0.717, 1.165) is 29.2 Å². The van der Waals surface area contributed by atoms with Gasteiger partial charge in [0.15, 0.2) is 0 Å². The molecule has 2 heteroatoms. The lowest BCUT2D eigenvalue weighted by Gasteiger charge is -2.02. The average molecular weight is 241 g/mol. The van der Waals surface area contributed by atoms with Crippen LogP contribution in [0.2, 0.25) is 0 Å². The first-order valence-corrected chi connectivity index (χ1v) is 7.04. The van der Waals surface area contributed by atoms with E-state index in [0.29, 0.717) is 0 Å². The number of hydrogen-bond donors (Lipinski definition) is 1. The topological polar surface area (TPSA) is 25.2 Å². The maximum atomic E-state index is 5.87. The van der Waals surface area contributed by atoms with E-state index in [1.165, 1.54) is 36.8 Å². The number of para-hydroxylation sites is 1. The van der Waals surface area contributed by atoms with Crippen molar-refractivity contribution in [1.29, 1.82) is 0 Å². The van der Waals surface area contributed by atoms with Gasteiger partial charge >= 0.3 is 0 Å². The van der Waals surface area contributed by atoms with Crippen molar-refractivity contribution in [3.8, 4) is 0 Å². The van der Waals surface area contributed by atoms with E-state index in [9.17, 15) is 0 Å². The van der Waals surface area contributed by atoms with Gasteiger partial charge in [-0.25, -0.2) is 0 Å². The van der Waals surface area contributed by atoms with Gasteiger partial charge < -0.3 is 9.73 Å². The summed E-state index contributed by atoms with van der Waals surface area (Å²) < 4.78 is 5.87. The quantitative estimate of drug-likeness (QED) is 0.884. The molecule has 2 atom stereocenters. The lowest BCUT2D eigenvalue weighted by molar-refractivity contribution is 0.568. The van der Waals surface area contributed by atoms with E-state index in [2.05, 4.69) is 30.4 Å². The van der Waals surface area contributed by atoms with Crippen molar-refractivity contribution < 1.29 is 4.42 Å². The van der Waals surface area contributed by atoms with Gasteiger partial charge in [0, 0.05) is 17.0 Å². The third-order valence-electron chi connectivity index (χ3n) is 4.36. The molecule has 0 bridgehead atoms. The summed E-state index contributed by atoms with van der Waals surface area (Å²) in [6.45, 7) is 3.30. The molecule has 2 aliphatic carbocycles. The highest BCUT2D eigenvalue weighted by atomic mass is 16.3. The molecule has 2 aromatic rings. The Bertz CT molecular complexity index is 582. The summed E-state index contributed by atoms with van der Waals surface area (Å²) in [6, 6.07) is 9.26. The fourth-order valence-corrected chi connectivity index (χ4v) is 3.08. The largest absolute Gasteiger partial charge is 0.461 e. The predicted molar refractivity (Wildman–Crippen MR) is 72.8 cm³/mol. The van der Waals surface area contributed by atoms with Crippen molar-refractivity contribution in [2.75, 3.05) is 6.54 Å². The van der Waals surface area contributed by atoms with Gasteiger partial charge in [-0.1, -0.05) is 18.2 Å². The van der Waals surface area contributed by atoms with Crippen LogP contribution in [0.4, 0.5) is 0 Å². The van der Waals surface area contributed by atoms with Gasteiger partial charge in [-0.15, -0.1) is 0 Å². The van der Waals surface area contributed by atoms with Gasteiger partial charge in [-0.3, -0.25) is 0 Å². The smallest absolute Gasteiger partial charge is 0.134 e. The van der Waals surface area contributed by atoms with Crippen LogP contribution in [0.1, 0.15) is 36.5 Å². The zero-order chi connectivity index (χ0) is 12.1. The molecule has 1 N–H and O–H groups in total. The minimum atomic E-state index is 0.722. The van der Waals surface area contributed by atoms with Crippen molar-refractivity contribution in [3.05, 3.63) is 35.6 Å². The Morgan fingerprint density at radius 1 is 1.28 bits per heavy atom. The molecule has 2 fully saturated rings. The number of benzene rings is 1. The van der Waals surface area contributed by atoms with Crippen LogP contribution in [-0.2, 0) is 0 Å². The number of hydrogen-bond acceptors (Lipinski definition) is 2. The number of aryl methyl sites for hydroxylation is 1. The molecule has 0 aliphatic heterocycles. The van der Waals surface area contributed by atoms with Crippen LogP contribution in [0.5, 0.6) is 0 Å². The summed E-state index contributed by atoms with van der Waals surface area (Å²) in [6.07, 6.45) is 4.08. The van der Waals surface area contributed by atoms with E-state index in [-0.39, 0.29) is 0 Å². The highest BCUT2D eigenvalue weighted by Crippen LogP contribution is 2.51. The van der Waals surface area contributed by atoms with E-state index in [1.54, 1.807) is 0 Å². The molecule has 4 rings (SSSR count). The molecule has 0 spiro atoms. The number of furan rings is 1. The Labute approximate surface area is 107 Å². The molecule has 18 heavy (non-hydrogen) atoms. The average Bonchev–Trinajstić information content (AvgIpc) is 3.25. The van der Waals surface area contributed by atoms with Crippen LogP contribution < -0.4 is 5.32 Å². The standard InChI is InChI=1S/C16H19NO/c1-10-16(13-4-2-3-5-15(13)18-10)14-8-11(14)9-17-12-6-7-12/h2-5,11-12,14,17H,6-9H2,1H3. The minimum absolute atomic E-state index is 0.722. The maximum Gasteiger partial charge on any atom is 0.134 e. The van der Waals surface area contributed by atoms with Crippen molar-refractivity contribution in [1.82, 2.24) is 5.32 Å². The summed E-state index contributed by atoms with van der Waals surface area (Å²) in [7, 11) is 0. The summed E-state index contributed by atoms with van der Waals surface area (Å²) >= 11 is 0. The first-order valence-electron chi connectivity index (χ1n) is 7.04. The fraction of sp³-hybridized carbons (Fsp3) is 0.500. The number of nitrogens with one attached hydrogen (secondary N) is 1. The van der Waals surface area contributed by atoms with E-state index in [1.807, 2.05) is 6.07 Å². The van der Waals surface area contributed by atoms with Crippen LogP contribution in [0.25, 0.3) is 11.0 Å². The number of fused-ring (bicyclic) bond motifs is 1. The fourth-order valence-electron chi connectivity index (χ4n) is 3.08. The molecule has 2 saturated carbocycles. The first-order chi connectivity index (χ1) is 8.83. The first kappa shape index (κ1) is 10.6. The van der Waals surface area contributed by atoms with Gasteiger partial charge in [0.2, 0.25) is 0 Å². The SMILES string of the molecule is Cc1oc2ccccc2c1C1CC1CNC1CC1. The Balaban J connectivity index is 1.57. The molecule has 94 valence electrons. The van der Waals surface area contributed by atoms with Crippen LogP contribution >= 0.6 is 0 Å². The van der Waals surface area contributed by atoms with Crippen LogP contribution in [0.15, 0.2) is 28.7 Å². The normalized spacial score (nSPS) is 26.7. The van der Waals surface area contributed by atoms with Gasteiger partial charge in [0.05, 0.1) is 0 Å². The maximum absolute atomic E-state index is 5.87. The molecule has 1 aromatic heterocycles. The summed E-state index contributed by atoms with van der Waals surface area (Å²) in [5, 5.41) is 4.98. The van der Waals surface area contributed by atoms with Crippen LogP contribution in [-0.4, -0.2) is 12.6 Å². The molecule has 2 aliphatic rings.